The second-order valence-corrected chi connectivity index (χ2v) is 8.16. The summed E-state index contributed by atoms with van der Waals surface area (Å²) in [6, 6.07) is 0.733. The van der Waals surface area contributed by atoms with Crippen LogP contribution in [0.1, 0.15) is 89.9 Å². The lowest BCUT2D eigenvalue weighted by Crippen LogP contribution is -2.53. The Kier molecular flexibility index (Phi) is 6.18. The van der Waals surface area contributed by atoms with Crippen LogP contribution in [0.5, 0.6) is 0 Å². The molecule has 0 aromatic carbocycles. The molecular weight excluding hydrogens is 302 g/mol. The van der Waals surface area contributed by atoms with Gasteiger partial charge in [-0.1, -0.05) is 51.4 Å². The molecule has 4 heteroatoms. The lowest BCUT2D eigenvalue weighted by Gasteiger charge is -2.44. The third-order valence-corrected chi connectivity index (χ3v) is 6.59. The number of rotatable bonds is 4. The molecule has 0 heterocycles. The van der Waals surface area contributed by atoms with Crippen molar-refractivity contribution in [2.75, 3.05) is 0 Å². The largest absolute Gasteiger partial charge is 0.481 e. The van der Waals surface area contributed by atoms with Gasteiger partial charge in [0.25, 0.3) is 0 Å². The zero-order chi connectivity index (χ0) is 16.9. The lowest BCUT2D eigenvalue weighted by molar-refractivity contribution is -0.155. The molecule has 4 nitrogen and oxygen atoms in total. The fourth-order valence-electron chi connectivity index (χ4n) is 5.29. The Morgan fingerprint density at radius 1 is 0.625 bits per heavy atom. The molecule has 1 N–H and O–H groups in total. The Bertz CT molecular complexity index is 420. The highest BCUT2D eigenvalue weighted by atomic mass is 16.4. The van der Waals surface area contributed by atoms with Crippen molar-refractivity contribution in [3.8, 4) is 0 Å². The third kappa shape index (κ3) is 3.94. The highest BCUT2D eigenvalue weighted by Crippen LogP contribution is 2.36. The second-order valence-electron chi connectivity index (χ2n) is 8.16. The van der Waals surface area contributed by atoms with E-state index in [4.69, 9.17) is 0 Å². The van der Waals surface area contributed by atoms with Crippen LogP contribution in [-0.4, -0.2) is 34.0 Å². The van der Waals surface area contributed by atoms with Gasteiger partial charge in [-0.3, -0.25) is 9.59 Å². The van der Waals surface area contributed by atoms with E-state index in [-0.39, 0.29) is 11.8 Å². The zero-order valence-electron chi connectivity index (χ0n) is 14.9. The molecule has 3 saturated carbocycles. The van der Waals surface area contributed by atoms with Crippen LogP contribution in [0.4, 0.5) is 0 Å². The van der Waals surface area contributed by atoms with Crippen LogP contribution in [0.2, 0.25) is 0 Å². The minimum Gasteiger partial charge on any atom is -0.481 e. The van der Waals surface area contributed by atoms with E-state index in [1.54, 1.807) is 0 Å². The number of carbonyl (C=O) groups is 2. The maximum atomic E-state index is 13.5. The lowest BCUT2D eigenvalue weighted by atomic mass is 9.77. The number of carboxylic acids is 1. The number of nitrogens with zero attached hydrogens (tertiary/aromatic N) is 1. The molecule has 0 radical (unpaired) electrons. The SMILES string of the molecule is O=C(O)[C@H]1CCCC[C@@H]1C(=O)N(C1CCCCC1)C1CCCCC1. The predicted octanol–water partition coefficient (Wildman–Crippen LogP) is 4.37. The Hall–Kier alpha value is -1.06. The molecule has 0 saturated heterocycles. The van der Waals surface area contributed by atoms with Gasteiger partial charge in [0.1, 0.15) is 0 Å². The molecule has 0 unspecified atom stereocenters. The number of carboxylic acid groups (broad SMARTS) is 1. The minimum atomic E-state index is -0.764. The molecule has 0 aromatic heterocycles. The molecule has 3 fully saturated rings. The summed E-state index contributed by atoms with van der Waals surface area (Å²) in [5.74, 6) is -1.32. The standard InChI is InChI=1S/C20H33NO3/c22-19(17-13-7-8-14-18(17)20(23)24)21(15-9-3-1-4-10-15)16-11-5-2-6-12-16/h15-18H,1-14H2,(H,23,24)/t17-,18-/m0/s1. The monoisotopic (exact) mass is 335 g/mol. The first kappa shape index (κ1) is 17.8. The number of amides is 1. The molecule has 2 atom stereocenters. The summed E-state index contributed by atoms with van der Waals surface area (Å²) in [4.78, 5) is 27.4. The van der Waals surface area contributed by atoms with Crippen molar-refractivity contribution in [1.82, 2.24) is 4.90 Å². The second kappa shape index (κ2) is 8.35. The summed E-state index contributed by atoms with van der Waals surface area (Å²) in [5, 5.41) is 9.59. The summed E-state index contributed by atoms with van der Waals surface area (Å²) in [6.07, 6.45) is 15.3. The van der Waals surface area contributed by atoms with E-state index in [1.807, 2.05) is 0 Å². The first-order chi connectivity index (χ1) is 11.7. The van der Waals surface area contributed by atoms with Crippen LogP contribution >= 0.6 is 0 Å². The molecular formula is C20H33NO3. The molecule has 3 rings (SSSR count). The number of hydrogen-bond donors (Lipinski definition) is 1. The van der Waals surface area contributed by atoms with Crippen molar-refractivity contribution >= 4 is 11.9 Å². The van der Waals surface area contributed by atoms with Crippen molar-refractivity contribution < 1.29 is 14.7 Å². The van der Waals surface area contributed by atoms with E-state index in [1.165, 1.54) is 38.5 Å². The Morgan fingerprint density at radius 2 is 1.04 bits per heavy atom. The van der Waals surface area contributed by atoms with Crippen molar-refractivity contribution in [3.05, 3.63) is 0 Å². The quantitative estimate of drug-likeness (QED) is 0.830. The van der Waals surface area contributed by atoms with Crippen molar-refractivity contribution in [2.45, 2.75) is 102 Å². The van der Waals surface area contributed by atoms with Gasteiger partial charge in [0.05, 0.1) is 11.8 Å². The van der Waals surface area contributed by atoms with Crippen LogP contribution in [0.15, 0.2) is 0 Å². The van der Waals surface area contributed by atoms with Crippen LogP contribution in [0.25, 0.3) is 0 Å². The Morgan fingerprint density at radius 3 is 1.50 bits per heavy atom. The average molecular weight is 335 g/mol. The van der Waals surface area contributed by atoms with Gasteiger partial charge in [0.15, 0.2) is 0 Å². The van der Waals surface area contributed by atoms with Crippen LogP contribution in [0, 0.1) is 11.8 Å². The molecule has 1 amide bonds. The van der Waals surface area contributed by atoms with Crippen molar-refractivity contribution in [1.29, 1.82) is 0 Å². The maximum Gasteiger partial charge on any atom is 0.307 e. The van der Waals surface area contributed by atoms with Gasteiger partial charge < -0.3 is 10.0 Å². The molecule has 0 bridgehead atoms. The number of aliphatic carboxylic acids is 1. The molecule has 0 aliphatic heterocycles. The topological polar surface area (TPSA) is 57.6 Å². The fraction of sp³-hybridized carbons (Fsp3) is 0.900. The van der Waals surface area contributed by atoms with Gasteiger partial charge in [-0.15, -0.1) is 0 Å². The van der Waals surface area contributed by atoms with E-state index in [0.29, 0.717) is 18.5 Å². The highest BCUT2D eigenvalue weighted by Gasteiger charge is 2.42. The van der Waals surface area contributed by atoms with E-state index in [9.17, 15) is 14.7 Å². The average Bonchev–Trinajstić information content (AvgIpc) is 2.63. The number of carbonyl (C=O) groups excluding carboxylic acids is 1. The first-order valence-electron chi connectivity index (χ1n) is 10.2. The fourth-order valence-corrected chi connectivity index (χ4v) is 5.29. The normalized spacial score (nSPS) is 30.0. The summed E-state index contributed by atoms with van der Waals surface area (Å²) >= 11 is 0. The molecule has 0 spiro atoms. The maximum absolute atomic E-state index is 13.5. The van der Waals surface area contributed by atoms with E-state index in [0.717, 1.165) is 44.9 Å². The van der Waals surface area contributed by atoms with E-state index < -0.39 is 11.9 Å². The van der Waals surface area contributed by atoms with E-state index in [2.05, 4.69) is 4.90 Å². The Labute approximate surface area is 146 Å². The van der Waals surface area contributed by atoms with Gasteiger partial charge in [-0.2, -0.15) is 0 Å². The van der Waals surface area contributed by atoms with Gasteiger partial charge in [-0.25, -0.2) is 0 Å². The zero-order valence-corrected chi connectivity index (χ0v) is 14.9. The van der Waals surface area contributed by atoms with Crippen LogP contribution in [0.3, 0.4) is 0 Å². The first-order valence-corrected chi connectivity index (χ1v) is 10.2. The molecule has 0 aromatic rings. The summed E-state index contributed by atoms with van der Waals surface area (Å²) in [6.45, 7) is 0. The van der Waals surface area contributed by atoms with Gasteiger partial charge >= 0.3 is 5.97 Å². The highest BCUT2D eigenvalue weighted by molar-refractivity contribution is 5.85. The van der Waals surface area contributed by atoms with Gasteiger partial charge in [-0.05, 0) is 38.5 Å². The summed E-state index contributed by atoms with van der Waals surface area (Å²) in [5.41, 5.74) is 0. The van der Waals surface area contributed by atoms with Crippen LogP contribution < -0.4 is 0 Å². The molecule has 136 valence electrons. The smallest absolute Gasteiger partial charge is 0.307 e. The predicted molar refractivity (Wildman–Crippen MR) is 93.7 cm³/mol. The van der Waals surface area contributed by atoms with Gasteiger partial charge in [0, 0.05) is 12.1 Å². The Balaban J connectivity index is 1.79. The van der Waals surface area contributed by atoms with Gasteiger partial charge in [0.2, 0.25) is 5.91 Å². The summed E-state index contributed by atoms with van der Waals surface area (Å²) in [7, 11) is 0. The van der Waals surface area contributed by atoms with Crippen LogP contribution in [-0.2, 0) is 9.59 Å². The van der Waals surface area contributed by atoms with Crippen molar-refractivity contribution in [2.24, 2.45) is 11.8 Å². The molecule has 3 aliphatic rings. The third-order valence-electron chi connectivity index (χ3n) is 6.59. The summed E-state index contributed by atoms with van der Waals surface area (Å²) < 4.78 is 0. The molecule has 3 aliphatic carbocycles. The number of hydrogen-bond acceptors (Lipinski definition) is 2. The van der Waals surface area contributed by atoms with Crippen molar-refractivity contribution in [3.63, 3.8) is 0 Å². The minimum absolute atomic E-state index is 0.181. The van der Waals surface area contributed by atoms with E-state index >= 15 is 0 Å². The molecule has 24 heavy (non-hydrogen) atoms.